The summed E-state index contributed by atoms with van der Waals surface area (Å²) < 4.78 is 29.8. The first kappa shape index (κ1) is 23.1. The second-order valence-electron chi connectivity index (χ2n) is 7.32. The highest BCUT2D eigenvalue weighted by molar-refractivity contribution is 7.88. The molecule has 10 heteroatoms. The number of carbonyl (C=O) groups is 2. The Labute approximate surface area is 172 Å². The van der Waals surface area contributed by atoms with E-state index in [1.807, 2.05) is 4.90 Å². The van der Waals surface area contributed by atoms with E-state index in [1.165, 1.54) is 15.5 Å². The molecule has 0 saturated carbocycles. The fourth-order valence-corrected chi connectivity index (χ4v) is 3.98. The Morgan fingerprint density at radius 1 is 1.24 bits per heavy atom. The summed E-state index contributed by atoms with van der Waals surface area (Å²) in [6.45, 7) is 1.43. The number of ether oxygens (including phenoxy) is 1. The average molecular weight is 427 g/mol. The Balaban J connectivity index is 1.78. The molecular formula is C19H30N4O5S. The van der Waals surface area contributed by atoms with Gasteiger partial charge in [0.05, 0.1) is 26.5 Å². The quantitative estimate of drug-likeness (QED) is 0.648. The maximum Gasteiger partial charge on any atom is 0.243 e. The van der Waals surface area contributed by atoms with Crippen molar-refractivity contribution < 1.29 is 22.7 Å². The summed E-state index contributed by atoms with van der Waals surface area (Å²) in [7, 11) is 1.53. The molecule has 2 amide bonds. The van der Waals surface area contributed by atoms with Gasteiger partial charge in [-0.2, -0.15) is 0 Å². The number of likely N-dealkylation sites (N-methyl/N-ethyl adjacent to an activating group) is 1. The molecule has 9 nitrogen and oxygen atoms in total. The summed E-state index contributed by atoms with van der Waals surface area (Å²) in [5.74, 6) is 0.195. The van der Waals surface area contributed by atoms with Gasteiger partial charge in [0.25, 0.3) is 0 Å². The number of sulfonamides is 1. The molecule has 1 saturated heterocycles. The van der Waals surface area contributed by atoms with Gasteiger partial charge < -0.3 is 15.0 Å². The summed E-state index contributed by atoms with van der Waals surface area (Å²) in [4.78, 5) is 28.0. The van der Waals surface area contributed by atoms with Gasteiger partial charge in [-0.05, 0) is 25.0 Å². The fraction of sp³-hybridized carbons (Fsp3) is 0.579. The van der Waals surface area contributed by atoms with Gasteiger partial charge in [0.2, 0.25) is 21.8 Å². The first-order valence-electron chi connectivity index (χ1n) is 9.43. The lowest BCUT2D eigenvalue weighted by Crippen LogP contribution is -2.48. The van der Waals surface area contributed by atoms with Crippen LogP contribution in [0.1, 0.15) is 12.8 Å². The van der Waals surface area contributed by atoms with Crippen LogP contribution < -0.4 is 10.1 Å². The molecule has 0 aliphatic carbocycles. The number of rotatable bonds is 8. The van der Waals surface area contributed by atoms with E-state index >= 15 is 0 Å². The third-order valence-corrected chi connectivity index (χ3v) is 6.46. The summed E-state index contributed by atoms with van der Waals surface area (Å²) in [6.07, 6.45) is 2.56. The van der Waals surface area contributed by atoms with Crippen LogP contribution in [0.25, 0.3) is 0 Å². The van der Waals surface area contributed by atoms with Gasteiger partial charge in [-0.1, -0.05) is 6.07 Å². The lowest BCUT2D eigenvalue weighted by atomic mass is 10.1. The van der Waals surface area contributed by atoms with E-state index in [2.05, 4.69) is 5.32 Å². The molecule has 1 aromatic carbocycles. The van der Waals surface area contributed by atoms with Gasteiger partial charge in [0, 0.05) is 45.0 Å². The van der Waals surface area contributed by atoms with Crippen molar-refractivity contribution in [3.63, 3.8) is 0 Å². The second-order valence-corrected chi connectivity index (χ2v) is 9.36. The molecular weight excluding hydrogens is 396 g/mol. The molecule has 1 aromatic rings. The van der Waals surface area contributed by atoms with Crippen LogP contribution >= 0.6 is 0 Å². The molecule has 1 aliphatic rings. The lowest BCUT2D eigenvalue weighted by Gasteiger charge is -2.35. The number of nitrogens with zero attached hydrogens (tertiary/aromatic N) is 3. The van der Waals surface area contributed by atoms with Crippen molar-refractivity contribution >= 4 is 27.5 Å². The van der Waals surface area contributed by atoms with Crippen LogP contribution in [0.5, 0.6) is 5.75 Å². The van der Waals surface area contributed by atoms with Crippen molar-refractivity contribution in [3.05, 3.63) is 24.3 Å². The number of methoxy groups -OCH3 is 1. The highest BCUT2D eigenvalue weighted by atomic mass is 32.2. The van der Waals surface area contributed by atoms with Crippen LogP contribution in [0.4, 0.5) is 5.69 Å². The van der Waals surface area contributed by atoms with Crippen molar-refractivity contribution in [2.45, 2.75) is 18.9 Å². The van der Waals surface area contributed by atoms with Crippen molar-refractivity contribution in [1.29, 1.82) is 0 Å². The largest absolute Gasteiger partial charge is 0.497 e. The van der Waals surface area contributed by atoms with E-state index in [1.54, 1.807) is 45.5 Å². The number of hydrogen-bond acceptors (Lipinski definition) is 6. The first-order valence-corrected chi connectivity index (χ1v) is 11.3. The van der Waals surface area contributed by atoms with E-state index in [0.29, 0.717) is 37.4 Å². The van der Waals surface area contributed by atoms with E-state index < -0.39 is 10.0 Å². The number of hydrogen-bond donors (Lipinski definition) is 1. The van der Waals surface area contributed by atoms with Gasteiger partial charge in [-0.3, -0.25) is 14.5 Å². The summed E-state index contributed by atoms with van der Waals surface area (Å²) in [5, 5.41) is 2.75. The molecule has 0 atom stereocenters. The minimum atomic E-state index is -3.21. The van der Waals surface area contributed by atoms with E-state index in [0.717, 1.165) is 0 Å². The SMILES string of the molecule is COc1cccc(NC(=O)CN(C)C(=O)CN2CCC(N(C)S(C)(=O)=O)CC2)c1. The molecule has 0 bridgehead atoms. The van der Waals surface area contributed by atoms with Gasteiger partial charge in [-0.25, -0.2) is 12.7 Å². The standard InChI is InChI=1S/C19H30N4O5S/c1-21(13-18(24)20-15-6-5-7-17(12-15)28-3)19(25)14-23-10-8-16(9-11-23)22(2)29(4,26)27/h5-7,12,16H,8-11,13-14H2,1-4H3,(H,20,24). The lowest BCUT2D eigenvalue weighted by molar-refractivity contribution is -0.134. The van der Waals surface area contributed by atoms with Gasteiger partial charge in [0.1, 0.15) is 5.75 Å². The Morgan fingerprint density at radius 2 is 1.90 bits per heavy atom. The van der Waals surface area contributed by atoms with E-state index in [-0.39, 0.29) is 30.9 Å². The predicted octanol–water partition coefficient (Wildman–Crippen LogP) is 0.448. The van der Waals surface area contributed by atoms with Crippen LogP contribution in [-0.4, -0.2) is 94.0 Å². The molecule has 2 rings (SSSR count). The zero-order chi connectivity index (χ0) is 21.6. The maximum atomic E-state index is 12.5. The Kier molecular flexibility index (Phi) is 8.00. The topological polar surface area (TPSA) is 99.3 Å². The highest BCUT2D eigenvalue weighted by Crippen LogP contribution is 2.18. The van der Waals surface area contributed by atoms with Crippen LogP contribution in [-0.2, 0) is 19.6 Å². The monoisotopic (exact) mass is 426 g/mol. The Bertz CT molecular complexity index is 822. The van der Waals surface area contributed by atoms with Crippen LogP contribution in [0.3, 0.4) is 0 Å². The Hall–Kier alpha value is -2.17. The first-order chi connectivity index (χ1) is 13.6. The number of nitrogens with one attached hydrogen (secondary N) is 1. The average Bonchev–Trinajstić information content (AvgIpc) is 2.67. The van der Waals surface area contributed by atoms with E-state index in [4.69, 9.17) is 4.74 Å². The molecule has 29 heavy (non-hydrogen) atoms. The van der Waals surface area contributed by atoms with Crippen LogP contribution in [0.2, 0.25) is 0 Å². The van der Waals surface area contributed by atoms with Crippen molar-refractivity contribution in [3.8, 4) is 5.75 Å². The van der Waals surface area contributed by atoms with Gasteiger partial charge >= 0.3 is 0 Å². The minimum absolute atomic E-state index is 0.0391. The number of carbonyl (C=O) groups excluding carboxylic acids is 2. The second kappa shape index (κ2) is 10.0. The number of likely N-dealkylation sites (tertiary alicyclic amines) is 1. The van der Waals surface area contributed by atoms with E-state index in [9.17, 15) is 18.0 Å². The number of piperidine rings is 1. The van der Waals surface area contributed by atoms with Crippen LogP contribution in [0.15, 0.2) is 24.3 Å². The summed E-state index contributed by atoms with van der Waals surface area (Å²) in [6, 6.07) is 6.97. The molecule has 1 heterocycles. The molecule has 1 fully saturated rings. The zero-order valence-electron chi connectivity index (χ0n) is 17.4. The normalized spacial score (nSPS) is 15.9. The number of anilines is 1. The smallest absolute Gasteiger partial charge is 0.243 e. The minimum Gasteiger partial charge on any atom is -0.497 e. The predicted molar refractivity (Wildman–Crippen MR) is 111 cm³/mol. The fourth-order valence-electron chi connectivity index (χ4n) is 3.23. The molecule has 0 aromatic heterocycles. The number of amides is 2. The highest BCUT2D eigenvalue weighted by Gasteiger charge is 2.28. The van der Waals surface area contributed by atoms with Crippen molar-refractivity contribution in [1.82, 2.24) is 14.1 Å². The van der Waals surface area contributed by atoms with Gasteiger partial charge in [0.15, 0.2) is 0 Å². The maximum absolute atomic E-state index is 12.5. The molecule has 1 aliphatic heterocycles. The number of benzene rings is 1. The van der Waals surface area contributed by atoms with Gasteiger partial charge in [-0.15, -0.1) is 0 Å². The Morgan fingerprint density at radius 3 is 2.48 bits per heavy atom. The third kappa shape index (κ3) is 6.98. The molecule has 1 N–H and O–H groups in total. The van der Waals surface area contributed by atoms with Crippen molar-refractivity contribution in [2.75, 3.05) is 59.0 Å². The molecule has 0 spiro atoms. The molecule has 162 valence electrons. The van der Waals surface area contributed by atoms with Crippen LogP contribution in [0, 0.1) is 0 Å². The summed E-state index contributed by atoms with van der Waals surface area (Å²) in [5.41, 5.74) is 0.604. The molecule has 0 unspecified atom stereocenters. The van der Waals surface area contributed by atoms with Crippen molar-refractivity contribution in [2.24, 2.45) is 0 Å². The summed E-state index contributed by atoms with van der Waals surface area (Å²) >= 11 is 0. The third-order valence-electron chi connectivity index (χ3n) is 5.11. The zero-order valence-corrected chi connectivity index (χ0v) is 18.2. The molecule has 0 radical (unpaired) electrons.